The maximum absolute atomic E-state index is 13.0. The first-order chi connectivity index (χ1) is 14.2. The number of nitrogens with zero attached hydrogens (tertiary/aromatic N) is 1. The van der Waals surface area contributed by atoms with Crippen LogP contribution in [0, 0.1) is 5.92 Å². The predicted octanol–water partition coefficient (Wildman–Crippen LogP) is 2.67. The van der Waals surface area contributed by atoms with Crippen molar-refractivity contribution in [3.05, 3.63) is 46.2 Å². The van der Waals surface area contributed by atoms with Gasteiger partial charge in [0.05, 0.1) is 11.4 Å². The van der Waals surface area contributed by atoms with E-state index < -0.39 is 16.1 Å². The lowest BCUT2D eigenvalue weighted by Crippen LogP contribution is -2.49. The molecular weight excluding hydrogens is 422 g/mol. The normalized spacial score (nSPS) is 14.6. The molecule has 0 radical (unpaired) electrons. The molecule has 0 unspecified atom stereocenters. The Labute approximate surface area is 181 Å². The smallest absolute Gasteiger partial charge is 0.241 e. The van der Waals surface area contributed by atoms with E-state index in [9.17, 15) is 18.0 Å². The fraction of sp³-hybridized carbons (Fsp3) is 0.429. The summed E-state index contributed by atoms with van der Waals surface area (Å²) >= 11 is 1.53. The van der Waals surface area contributed by atoms with Gasteiger partial charge in [-0.05, 0) is 47.5 Å². The molecular formula is C21H27N3O4S2. The highest BCUT2D eigenvalue weighted by Gasteiger charge is 2.30. The summed E-state index contributed by atoms with van der Waals surface area (Å²) in [6.07, 6.45) is 1.01. The van der Waals surface area contributed by atoms with Gasteiger partial charge < -0.3 is 10.2 Å². The highest BCUT2D eigenvalue weighted by Crippen LogP contribution is 2.30. The van der Waals surface area contributed by atoms with Gasteiger partial charge in [0.25, 0.3) is 0 Å². The second-order valence-electron chi connectivity index (χ2n) is 7.58. The van der Waals surface area contributed by atoms with Gasteiger partial charge >= 0.3 is 0 Å². The van der Waals surface area contributed by atoms with Crippen molar-refractivity contribution in [3.63, 3.8) is 0 Å². The quantitative estimate of drug-likeness (QED) is 0.648. The number of carbonyl (C=O) groups excluding carboxylic acids is 2. The first-order valence-electron chi connectivity index (χ1n) is 9.98. The Balaban J connectivity index is 1.75. The number of fused-ring (bicyclic) bond motifs is 1. The Hall–Kier alpha value is -2.23. The van der Waals surface area contributed by atoms with Gasteiger partial charge in [-0.3, -0.25) is 9.59 Å². The van der Waals surface area contributed by atoms with Crippen LogP contribution in [0.25, 0.3) is 0 Å². The monoisotopic (exact) mass is 449 g/mol. The molecule has 2 aromatic rings. The molecule has 1 aromatic carbocycles. The second kappa shape index (κ2) is 9.28. The van der Waals surface area contributed by atoms with Crippen LogP contribution in [0.2, 0.25) is 0 Å². The third-order valence-electron chi connectivity index (χ3n) is 5.11. The summed E-state index contributed by atoms with van der Waals surface area (Å²) in [7, 11) is -3.90. The van der Waals surface area contributed by atoms with Crippen LogP contribution >= 0.6 is 11.3 Å². The summed E-state index contributed by atoms with van der Waals surface area (Å²) in [4.78, 5) is 27.5. The number of nitrogens with one attached hydrogen (secondary N) is 2. The van der Waals surface area contributed by atoms with E-state index in [4.69, 9.17) is 0 Å². The molecule has 2 amide bonds. The molecule has 0 bridgehead atoms. The first kappa shape index (κ1) is 22.5. The van der Waals surface area contributed by atoms with Gasteiger partial charge in [0.2, 0.25) is 21.8 Å². The molecule has 1 aliphatic rings. The largest absolute Gasteiger partial charge is 0.350 e. The van der Waals surface area contributed by atoms with Crippen molar-refractivity contribution in [1.29, 1.82) is 0 Å². The summed E-state index contributed by atoms with van der Waals surface area (Å²) in [5.74, 6) is -0.567. The second-order valence-corrected chi connectivity index (χ2v) is 10.3. The molecule has 0 spiro atoms. The molecule has 30 heavy (non-hydrogen) atoms. The van der Waals surface area contributed by atoms with Crippen molar-refractivity contribution in [2.24, 2.45) is 5.92 Å². The van der Waals surface area contributed by atoms with Crippen LogP contribution in [0.3, 0.4) is 0 Å². The van der Waals surface area contributed by atoms with Gasteiger partial charge in [-0.1, -0.05) is 26.8 Å². The predicted molar refractivity (Wildman–Crippen MR) is 118 cm³/mol. The lowest BCUT2D eigenvalue weighted by Gasteiger charge is -2.22. The molecule has 0 saturated carbocycles. The summed E-state index contributed by atoms with van der Waals surface area (Å²) in [6.45, 7) is 6.32. The van der Waals surface area contributed by atoms with Gasteiger partial charge in [0, 0.05) is 23.5 Å². The number of benzene rings is 1. The number of rotatable bonds is 8. The van der Waals surface area contributed by atoms with Crippen molar-refractivity contribution >= 4 is 38.9 Å². The van der Waals surface area contributed by atoms with E-state index in [0.717, 1.165) is 16.1 Å². The van der Waals surface area contributed by atoms with Crippen LogP contribution in [0.1, 0.15) is 37.6 Å². The molecule has 162 valence electrons. The van der Waals surface area contributed by atoms with E-state index in [1.807, 2.05) is 17.5 Å². The summed E-state index contributed by atoms with van der Waals surface area (Å²) in [6, 6.07) is 7.69. The Morgan fingerprint density at radius 2 is 2.00 bits per heavy atom. The fourth-order valence-electron chi connectivity index (χ4n) is 3.42. The third-order valence-corrected chi connectivity index (χ3v) is 7.42. The van der Waals surface area contributed by atoms with Crippen LogP contribution in [0.15, 0.2) is 40.6 Å². The topological polar surface area (TPSA) is 95.6 Å². The number of sulfonamides is 1. The zero-order valence-corrected chi connectivity index (χ0v) is 19.0. The average Bonchev–Trinajstić information content (AvgIpc) is 3.38. The third kappa shape index (κ3) is 4.91. The molecule has 2 heterocycles. The van der Waals surface area contributed by atoms with Crippen molar-refractivity contribution in [1.82, 2.24) is 10.0 Å². The molecule has 1 aliphatic heterocycles. The lowest BCUT2D eigenvalue weighted by molar-refractivity contribution is -0.123. The molecule has 9 heteroatoms. The van der Waals surface area contributed by atoms with Crippen LogP contribution in [-0.4, -0.2) is 32.8 Å². The van der Waals surface area contributed by atoms with Crippen molar-refractivity contribution in [2.45, 2.75) is 51.1 Å². The van der Waals surface area contributed by atoms with E-state index in [2.05, 4.69) is 10.0 Å². The minimum atomic E-state index is -3.90. The Morgan fingerprint density at radius 3 is 2.63 bits per heavy atom. The number of thiophene rings is 1. The molecule has 0 aliphatic carbocycles. The van der Waals surface area contributed by atoms with Crippen molar-refractivity contribution in [2.75, 3.05) is 11.4 Å². The molecule has 3 rings (SSSR count). The minimum Gasteiger partial charge on any atom is -0.350 e. The summed E-state index contributed by atoms with van der Waals surface area (Å²) < 4.78 is 28.5. The van der Waals surface area contributed by atoms with Gasteiger partial charge in [-0.15, -0.1) is 11.3 Å². The zero-order chi connectivity index (χ0) is 21.9. The minimum absolute atomic E-state index is 0.0183. The van der Waals surface area contributed by atoms with E-state index in [1.165, 1.54) is 17.4 Å². The zero-order valence-electron chi connectivity index (χ0n) is 17.3. The van der Waals surface area contributed by atoms with Gasteiger partial charge in [0.1, 0.15) is 6.04 Å². The van der Waals surface area contributed by atoms with Gasteiger partial charge in [0.15, 0.2) is 0 Å². The molecule has 1 aromatic heterocycles. The molecule has 0 saturated heterocycles. The first-order valence-corrected chi connectivity index (χ1v) is 12.3. The Kier molecular flexibility index (Phi) is 6.95. The van der Waals surface area contributed by atoms with Crippen molar-refractivity contribution < 1.29 is 18.0 Å². The fourth-order valence-corrected chi connectivity index (χ4v) is 5.46. The van der Waals surface area contributed by atoms with Gasteiger partial charge in [-0.25, -0.2) is 8.42 Å². The van der Waals surface area contributed by atoms with E-state index in [0.29, 0.717) is 25.9 Å². The number of carbonyl (C=O) groups is 2. The van der Waals surface area contributed by atoms with Crippen LogP contribution in [-0.2, 0) is 32.6 Å². The Bertz CT molecular complexity index is 1020. The van der Waals surface area contributed by atoms with Crippen LogP contribution < -0.4 is 14.9 Å². The average molecular weight is 450 g/mol. The Morgan fingerprint density at radius 1 is 1.23 bits per heavy atom. The number of hydrogen-bond donors (Lipinski definition) is 2. The summed E-state index contributed by atoms with van der Waals surface area (Å²) in [5, 5.41) is 4.73. The maximum atomic E-state index is 13.0. The van der Waals surface area contributed by atoms with Gasteiger partial charge in [-0.2, -0.15) is 4.72 Å². The standard InChI is InChI=1S/C21H27N3O4S2/c1-4-19(25)24-10-9-15-12-17(7-8-18(15)24)30(27,28)23-20(14(2)3)21(26)22-13-16-6-5-11-29-16/h5-8,11-12,14,20,23H,4,9-10,13H2,1-3H3,(H,22,26)/t20-/m0/s1. The number of hydrogen-bond acceptors (Lipinski definition) is 5. The highest BCUT2D eigenvalue weighted by atomic mass is 32.2. The maximum Gasteiger partial charge on any atom is 0.241 e. The SMILES string of the molecule is CCC(=O)N1CCc2cc(S(=O)(=O)N[C@H](C(=O)NCc3cccs3)C(C)C)ccc21. The number of amides is 2. The highest BCUT2D eigenvalue weighted by molar-refractivity contribution is 7.89. The van der Waals surface area contributed by atoms with E-state index >= 15 is 0 Å². The molecule has 1 atom stereocenters. The van der Waals surface area contributed by atoms with E-state index in [-0.39, 0.29) is 22.6 Å². The van der Waals surface area contributed by atoms with Crippen molar-refractivity contribution in [3.8, 4) is 0 Å². The molecule has 0 fully saturated rings. The van der Waals surface area contributed by atoms with E-state index in [1.54, 1.807) is 37.8 Å². The molecule has 7 nitrogen and oxygen atoms in total. The number of anilines is 1. The van der Waals surface area contributed by atoms with Crippen LogP contribution in [0.5, 0.6) is 0 Å². The van der Waals surface area contributed by atoms with Crippen LogP contribution in [0.4, 0.5) is 5.69 Å². The summed E-state index contributed by atoms with van der Waals surface area (Å²) in [5.41, 5.74) is 1.58. The lowest BCUT2D eigenvalue weighted by atomic mass is 10.1. The molecule has 2 N–H and O–H groups in total.